The zero-order valence-corrected chi connectivity index (χ0v) is 16.0. The molecule has 0 unspecified atom stereocenters. The summed E-state index contributed by atoms with van der Waals surface area (Å²) in [5.41, 5.74) is 3.33. The molecule has 0 atom stereocenters. The average Bonchev–Trinajstić information content (AvgIpc) is 3.07. The van der Waals surface area contributed by atoms with Crippen molar-refractivity contribution in [3.05, 3.63) is 78.4 Å². The highest BCUT2D eigenvalue weighted by Crippen LogP contribution is 2.29. The first-order valence-electron chi connectivity index (χ1n) is 10.0. The molecule has 0 N–H and O–H groups in total. The number of carbonyl (C=O) groups excluding carboxylic acids is 1. The van der Waals surface area contributed by atoms with Crippen molar-refractivity contribution in [2.24, 2.45) is 0 Å². The van der Waals surface area contributed by atoms with Gasteiger partial charge in [0.1, 0.15) is 12.0 Å². The van der Waals surface area contributed by atoms with Crippen molar-refractivity contribution in [2.75, 3.05) is 6.61 Å². The third-order valence-electron chi connectivity index (χ3n) is 5.24. The quantitative estimate of drug-likeness (QED) is 0.257. The predicted molar refractivity (Wildman–Crippen MR) is 115 cm³/mol. The van der Waals surface area contributed by atoms with Gasteiger partial charge in [0.2, 0.25) is 0 Å². The van der Waals surface area contributed by atoms with Crippen molar-refractivity contribution in [3.63, 3.8) is 0 Å². The maximum atomic E-state index is 10.7. The van der Waals surface area contributed by atoms with E-state index in [-0.39, 0.29) is 0 Å². The molecule has 28 heavy (non-hydrogen) atoms. The Balaban J connectivity index is 1.27. The fourth-order valence-electron chi connectivity index (χ4n) is 3.80. The van der Waals surface area contributed by atoms with Crippen LogP contribution in [-0.2, 0) is 6.54 Å². The van der Waals surface area contributed by atoms with Crippen LogP contribution in [0.15, 0.2) is 72.8 Å². The summed E-state index contributed by atoms with van der Waals surface area (Å²) in [6.45, 7) is 1.76. The first-order valence-corrected chi connectivity index (χ1v) is 10.0. The lowest BCUT2D eigenvalue weighted by Crippen LogP contribution is -2.00. The summed E-state index contributed by atoms with van der Waals surface area (Å²) in [5.74, 6) is 0.830. The first-order chi connectivity index (χ1) is 13.9. The molecule has 4 aromatic rings. The second kappa shape index (κ2) is 8.75. The van der Waals surface area contributed by atoms with Crippen LogP contribution < -0.4 is 4.74 Å². The molecule has 0 aliphatic carbocycles. The van der Waals surface area contributed by atoms with Crippen LogP contribution >= 0.6 is 0 Å². The molecule has 0 radical (unpaired) electrons. The fraction of sp³-hybridized carbons (Fsp3) is 0.240. The highest BCUT2D eigenvalue weighted by Gasteiger charge is 2.08. The molecule has 0 bridgehead atoms. The van der Waals surface area contributed by atoms with E-state index in [9.17, 15) is 4.79 Å². The van der Waals surface area contributed by atoms with Crippen LogP contribution in [0, 0.1) is 0 Å². The summed E-state index contributed by atoms with van der Waals surface area (Å²) < 4.78 is 8.21. The van der Waals surface area contributed by atoms with Gasteiger partial charge in [0, 0.05) is 33.9 Å². The predicted octanol–water partition coefficient (Wildman–Crippen LogP) is 6.25. The van der Waals surface area contributed by atoms with Gasteiger partial charge in [0.25, 0.3) is 0 Å². The highest BCUT2D eigenvalue weighted by atomic mass is 16.5. The summed E-state index contributed by atoms with van der Waals surface area (Å²) >= 11 is 0. The van der Waals surface area contributed by atoms with E-state index in [1.54, 1.807) is 12.1 Å². The van der Waals surface area contributed by atoms with Crippen LogP contribution in [0.25, 0.3) is 21.8 Å². The van der Waals surface area contributed by atoms with Gasteiger partial charge in [0.15, 0.2) is 0 Å². The van der Waals surface area contributed by atoms with Gasteiger partial charge in [0.05, 0.1) is 6.61 Å². The summed E-state index contributed by atoms with van der Waals surface area (Å²) in [6, 6.07) is 24.6. The molecule has 1 heterocycles. The minimum atomic E-state index is 0.678. The molecule has 3 nitrogen and oxygen atoms in total. The molecule has 142 valence electrons. The lowest BCUT2D eigenvalue weighted by molar-refractivity contribution is 0.112. The summed E-state index contributed by atoms with van der Waals surface area (Å²) in [6.07, 6.45) is 5.40. The normalized spacial score (nSPS) is 11.1. The SMILES string of the molecule is O=Cc1ccc(OCCCCCCn2c3ccccc3c3ccccc32)cc1. The Morgan fingerprint density at radius 2 is 1.32 bits per heavy atom. The molecule has 0 saturated heterocycles. The second-order valence-corrected chi connectivity index (χ2v) is 7.14. The van der Waals surface area contributed by atoms with Crippen molar-refractivity contribution >= 4 is 28.1 Å². The number of ether oxygens (including phenoxy) is 1. The first kappa shape index (κ1) is 18.3. The lowest BCUT2D eigenvalue weighted by atomic mass is 10.2. The second-order valence-electron chi connectivity index (χ2n) is 7.14. The third-order valence-corrected chi connectivity index (χ3v) is 5.24. The zero-order valence-electron chi connectivity index (χ0n) is 16.0. The van der Waals surface area contributed by atoms with E-state index < -0.39 is 0 Å². The Kier molecular flexibility index (Phi) is 5.72. The molecule has 0 fully saturated rings. The number of para-hydroxylation sites is 2. The van der Waals surface area contributed by atoms with Gasteiger partial charge in [-0.25, -0.2) is 0 Å². The Morgan fingerprint density at radius 1 is 0.714 bits per heavy atom. The molecule has 0 aliphatic heterocycles. The van der Waals surface area contributed by atoms with E-state index in [0.717, 1.165) is 44.4 Å². The number of aromatic nitrogens is 1. The van der Waals surface area contributed by atoms with Gasteiger partial charge < -0.3 is 9.30 Å². The van der Waals surface area contributed by atoms with Crippen molar-refractivity contribution < 1.29 is 9.53 Å². The van der Waals surface area contributed by atoms with Gasteiger partial charge in [-0.05, 0) is 49.2 Å². The maximum absolute atomic E-state index is 10.7. The minimum absolute atomic E-state index is 0.678. The van der Waals surface area contributed by atoms with E-state index in [1.165, 1.54) is 28.2 Å². The molecule has 0 saturated carbocycles. The lowest BCUT2D eigenvalue weighted by Gasteiger charge is -2.08. The van der Waals surface area contributed by atoms with Crippen LogP contribution in [0.1, 0.15) is 36.0 Å². The summed E-state index contributed by atoms with van der Waals surface area (Å²) in [7, 11) is 0. The van der Waals surface area contributed by atoms with Crippen molar-refractivity contribution in [1.29, 1.82) is 0 Å². The van der Waals surface area contributed by atoms with Crippen molar-refractivity contribution in [3.8, 4) is 5.75 Å². The maximum Gasteiger partial charge on any atom is 0.150 e. The Hall–Kier alpha value is -3.07. The van der Waals surface area contributed by atoms with Crippen molar-refractivity contribution in [1.82, 2.24) is 4.57 Å². The van der Waals surface area contributed by atoms with Gasteiger partial charge >= 0.3 is 0 Å². The fourth-order valence-corrected chi connectivity index (χ4v) is 3.80. The number of aryl methyl sites for hydroxylation is 1. The minimum Gasteiger partial charge on any atom is -0.494 e. The van der Waals surface area contributed by atoms with Crippen molar-refractivity contribution in [2.45, 2.75) is 32.2 Å². The van der Waals surface area contributed by atoms with Crippen LogP contribution in [-0.4, -0.2) is 17.5 Å². The standard InChI is InChI=1S/C25H25NO2/c27-19-20-13-15-21(16-14-20)28-18-8-2-1-7-17-26-24-11-5-3-9-22(24)23-10-4-6-12-25(23)26/h3-6,9-16,19H,1-2,7-8,17-18H2. The molecule has 3 heteroatoms. The van der Waals surface area contributed by atoms with Gasteiger partial charge in [-0.1, -0.05) is 49.2 Å². The summed E-state index contributed by atoms with van der Waals surface area (Å²) in [5, 5.41) is 2.68. The number of unbranched alkanes of at least 4 members (excludes halogenated alkanes) is 3. The zero-order chi connectivity index (χ0) is 19.2. The molecule has 0 aliphatic rings. The number of aldehydes is 1. The van der Waals surface area contributed by atoms with Gasteiger partial charge in [-0.2, -0.15) is 0 Å². The Bertz CT molecular complexity index is 1010. The largest absolute Gasteiger partial charge is 0.494 e. The van der Waals surface area contributed by atoms with E-state index in [1.807, 2.05) is 12.1 Å². The molecule has 3 aromatic carbocycles. The van der Waals surface area contributed by atoms with E-state index in [0.29, 0.717) is 5.56 Å². The topological polar surface area (TPSA) is 31.2 Å². The number of carbonyl (C=O) groups is 1. The van der Waals surface area contributed by atoms with Crippen LogP contribution in [0.5, 0.6) is 5.75 Å². The Labute approximate surface area is 165 Å². The summed E-state index contributed by atoms with van der Waals surface area (Å²) in [4.78, 5) is 10.7. The molecule has 4 rings (SSSR count). The smallest absolute Gasteiger partial charge is 0.150 e. The highest BCUT2D eigenvalue weighted by molar-refractivity contribution is 6.07. The Morgan fingerprint density at radius 3 is 1.96 bits per heavy atom. The van der Waals surface area contributed by atoms with E-state index in [4.69, 9.17) is 4.74 Å². The van der Waals surface area contributed by atoms with E-state index >= 15 is 0 Å². The molecular weight excluding hydrogens is 346 g/mol. The number of fused-ring (bicyclic) bond motifs is 3. The number of hydrogen-bond donors (Lipinski definition) is 0. The molecule has 0 spiro atoms. The van der Waals surface area contributed by atoms with Crippen LogP contribution in [0.2, 0.25) is 0 Å². The van der Waals surface area contributed by atoms with E-state index in [2.05, 4.69) is 53.1 Å². The molecular formula is C25H25NO2. The number of nitrogens with zero attached hydrogens (tertiary/aromatic N) is 1. The third kappa shape index (κ3) is 3.94. The monoisotopic (exact) mass is 371 g/mol. The average molecular weight is 371 g/mol. The molecule has 0 amide bonds. The number of benzene rings is 3. The van der Waals surface area contributed by atoms with Crippen LogP contribution in [0.4, 0.5) is 0 Å². The van der Waals surface area contributed by atoms with Gasteiger partial charge in [-0.15, -0.1) is 0 Å². The van der Waals surface area contributed by atoms with Gasteiger partial charge in [-0.3, -0.25) is 4.79 Å². The van der Waals surface area contributed by atoms with Crippen LogP contribution in [0.3, 0.4) is 0 Å². The number of hydrogen-bond acceptors (Lipinski definition) is 2. The molecule has 1 aromatic heterocycles. The number of rotatable bonds is 9.